The van der Waals surface area contributed by atoms with E-state index < -0.39 is 0 Å². The molecule has 0 spiro atoms. The number of hydrazone groups is 1. The van der Waals surface area contributed by atoms with Gasteiger partial charge in [-0.2, -0.15) is 20.1 Å². The Balaban J connectivity index is 1.53. The monoisotopic (exact) mass is 399 g/mol. The van der Waals surface area contributed by atoms with Crippen LogP contribution in [0.4, 0.5) is 17.8 Å². The van der Waals surface area contributed by atoms with Gasteiger partial charge >= 0.3 is 0 Å². The van der Waals surface area contributed by atoms with E-state index in [2.05, 4.69) is 35.3 Å². The zero-order chi connectivity index (χ0) is 20.1. The standard InChI is InChI=1S/C19H25N7O3/c1-28-16-5-4-14(12-15(16)27)13-20-24-17-21-18(25-6-2-3-7-25)23-19(22-17)26-8-10-29-11-9-26/h4-5,12-13,27H,2-3,6-11H2,1H3,(H,21,22,23,24)/b20-13+. The van der Waals surface area contributed by atoms with Crippen molar-refractivity contribution in [1.29, 1.82) is 0 Å². The second-order valence-electron chi connectivity index (χ2n) is 6.85. The minimum Gasteiger partial charge on any atom is -0.504 e. The van der Waals surface area contributed by atoms with Crippen LogP contribution < -0.4 is 20.0 Å². The van der Waals surface area contributed by atoms with Gasteiger partial charge in [0.15, 0.2) is 11.5 Å². The van der Waals surface area contributed by atoms with E-state index in [4.69, 9.17) is 9.47 Å². The normalized spacial score (nSPS) is 17.1. The summed E-state index contributed by atoms with van der Waals surface area (Å²) < 4.78 is 10.5. The Morgan fingerprint density at radius 1 is 1.07 bits per heavy atom. The lowest BCUT2D eigenvalue weighted by atomic mass is 10.2. The van der Waals surface area contributed by atoms with Crippen LogP contribution in [0.3, 0.4) is 0 Å². The number of morpholine rings is 1. The third kappa shape index (κ3) is 4.65. The molecule has 3 heterocycles. The molecule has 10 nitrogen and oxygen atoms in total. The van der Waals surface area contributed by atoms with Crippen LogP contribution in [0.2, 0.25) is 0 Å². The van der Waals surface area contributed by atoms with Crippen LogP contribution in [-0.4, -0.2) is 72.8 Å². The average Bonchev–Trinajstić information content (AvgIpc) is 3.29. The molecule has 2 aliphatic rings. The first-order chi connectivity index (χ1) is 14.2. The smallest absolute Gasteiger partial charge is 0.250 e. The maximum Gasteiger partial charge on any atom is 0.250 e. The zero-order valence-corrected chi connectivity index (χ0v) is 16.4. The van der Waals surface area contributed by atoms with Crippen molar-refractivity contribution >= 4 is 24.1 Å². The third-order valence-corrected chi connectivity index (χ3v) is 4.88. The summed E-state index contributed by atoms with van der Waals surface area (Å²) in [6.07, 6.45) is 3.87. The summed E-state index contributed by atoms with van der Waals surface area (Å²) in [7, 11) is 1.51. The van der Waals surface area contributed by atoms with Crippen molar-refractivity contribution in [2.45, 2.75) is 12.8 Å². The van der Waals surface area contributed by atoms with Crippen molar-refractivity contribution in [3.63, 3.8) is 0 Å². The minimum absolute atomic E-state index is 0.0579. The van der Waals surface area contributed by atoms with Gasteiger partial charge in [0.1, 0.15) is 0 Å². The summed E-state index contributed by atoms with van der Waals surface area (Å²) in [6, 6.07) is 5.06. The highest BCUT2D eigenvalue weighted by Gasteiger charge is 2.21. The first-order valence-electron chi connectivity index (χ1n) is 9.73. The number of methoxy groups -OCH3 is 1. The molecule has 2 N–H and O–H groups in total. The van der Waals surface area contributed by atoms with Gasteiger partial charge in [0.05, 0.1) is 26.5 Å². The molecule has 0 aliphatic carbocycles. The summed E-state index contributed by atoms with van der Waals surface area (Å²) in [5.41, 5.74) is 3.61. The van der Waals surface area contributed by atoms with E-state index in [1.54, 1.807) is 24.4 Å². The van der Waals surface area contributed by atoms with Gasteiger partial charge in [-0.1, -0.05) is 0 Å². The largest absolute Gasteiger partial charge is 0.504 e. The third-order valence-electron chi connectivity index (χ3n) is 4.88. The summed E-state index contributed by atoms with van der Waals surface area (Å²) in [6.45, 7) is 4.70. The van der Waals surface area contributed by atoms with Crippen LogP contribution >= 0.6 is 0 Å². The molecule has 1 aromatic carbocycles. The highest BCUT2D eigenvalue weighted by Crippen LogP contribution is 2.25. The molecule has 0 unspecified atom stereocenters. The summed E-state index contributed by atoms with van der Waals surface area (Å²) in [5, 5.41) is 14.1. The number of phenolic OH excluding ortho intramolecular Hbond substituents is 1. The first kappa shape index (κ1) is 19.2. The molecule has 1 aromatic heterocycles. The number of nitrogens with one attached hydrogen (secondary N) is 1. The van der Waals surface area contributed by atoms with E-state index in [1.807, 2.05) is 0 Å². The van der Waals surface area contributed by atoms with Crippen LogP contribution in [0, 0.1) is 0 Å². The van der Waals surface area contributed by atoms with Gasteiger partial charge in [-0.15, -0.1) is 0 Å². The fourth-order valence-electron chi connectivity index (χ4n) is 3.32. The Kier molecular flexibility index (Phi) is 5.89. The SMILES string of the molecule is COc1ccc(/C=N/Nc2nc(N3CCCC3)nc(N3CCOCC3)n2)cc1O. The van der Waals surface area contributed by atoms with Crippen molar-refractivity contribution in [2.75, 3.05) is 61.7 Å². The van der Waals surface area contributed by atoms with Crippen LogP contribution in [0.1, 0.15) is 18.4 Å². The molecule has 2 saturated heterocycles. The Hall–Kier alpha value is -3.14. The van der Waals surface area contributed by atoms with E-state index >= 15 is 0 Å². The molecule has 154 valence electrons. The van der Waals surface area contributed by atoms with Gasteiger partial charge in [-0.3, -0.25) is 0 Å². The van der Waals surface area contributed by atoms with Crippen LogP contribution in [-0.2, 0) is 4.74 Å². The lowest BCUT2D eigenvalue weighted by molar-refractivity contribution is 0.122. The summed E-state index contributed by atoms with van der Waals surface area (Å²) in [4.78, 5) is 18.0. The van der Waals surface area contributed by atoms with E-state index in [0.29, 0.717) is 36.8 Å². The van der Waals surface area contributed by atoms with Gasteiger partial charge in [-0.25, -0.2) is 5.43 Å². The van der Waals surface area contributed by atoms with Gasteiger partial charge < -0.3 is 24.4 Å². The summed E-state index contributed by atoms with van der Waals surface area (Å²) in [5.74, 6) is 2.15. The fraction of sp³-hybridized carbons (Fsp3) is 0.474. The molecular formula is C19H25N7O3. The van der Waals surface area contributed by atoms with Crippen LogP contribution in [0.15, 0.2) is 23.3 Å². The molecule has 29 heavy (non-hydrogen) atoms. The predicted octanol–water partition coefficient (Wildman–Crippen LogP) is 1.47. The Morgan fingerprint density at radius 2 is 1.76 bits per heavy atom. The van der Waals surface area contributed by atoms with Crippen molar-refractivity contribution in [2.24, 2.45) is 5.10 Å². The topological polar surface area (TPSA) is 108 Å². The van der Waals surface area contributed by atoms with Crippen LogP contribution in [0.25, 0.3) is 0 Å². The van der Waals surface area contributed by atoms with Gasteiger partial charge in [0.25, 0.3) is 0 Å². The molecule has 0 bridgehead atoms. The maximum absolute atomic E-state index is 9.88. The van der Waals surface area contributed by atoms with E-state index in [0.717, 1.165) is 44.6 Å². The van der Waals surface area contributed by atoms with Gasteiger partial charge in [0, 0.05) is 26.2 Å². The predicted molar refractivity (Wildman–Crippen MR) is 110 cm³/mol. The molecule has 10 heteroatoms. The Bertz CT molecular complexity index is 865. The summed E-state index contributed by atoms with van der Waals surface area (Å²) >= 11 is 0. The number of phenols is 1. The van der Waals surface area contributed by atoms with Gasteiger partial charge in [0.2, 0.25) is 17.8 Å². The lowest BCUT2D eigenvalue weighted by Gasteiger charge is -2.27. The number of benzene rings is 1. The van der Waals surface area contributed by atoms with E-state index in [-0.39, 0.29) is 5.75 Å². The Labute approximate surface area is 169 Å². The number of aromatic hydroxyl groups is 1. The number of hydrogen-bond donors (Lipinski definition) is 2. The maximum atomic E-state index is 9.88. The highest BCUT2D eigenvalue weighted by molar-refractivity contribution is 5.81. The number of ether oxygens (including phenoxy) is 2. The average molecular weight is 399 g/mol. The Morgan fingerprint density at radius 3 is 2.41 bits per heavy atom. The van der Waals surface area contributed by atoms with Gasteiger partial charge in [-0.05, 0) is 36.6 Å². The fourth-order valence-corrected chi connectivity index (χ4v) is 3.32. The van der Waals surface area contributed by atoms with E-state index in [1.165, 1.54) is 7.11 Å². The molecule has 0 saturated carbocycles. The second-order valence-corrected chi connectivity index (χ2v) is 6.85. The van der Waals surface area contributed by atoms with Crippen molar-refractivity contribution < 1.29 is 14.6 Å². The molecule has 0 radical (unpaired) electrons. The van der Waals surface area contributed by atoms with Crippen molar-refractivity contribution in [3.8, 4) is 11.5 Å². The zero-order valence-electron chi connectivity index (χ0n) is 16.4. The molecule has 0 amide bonds. The molecule has 2 aromatic rings. The number of anilines is 3. The number of rotatable bonds is 6. The van der Waals surface area contributed by atoms with Crippen molar-refractivity contribution in [3.05, 3.63) is 23.8 Å². The molecular weight excluding hydrogens is 374 g/mol. The van der Waals surface area contributed by atoms with Crippen LogP contribution in [0.5, 0.6) is 11.5 Å². The first-order valence-corrected chi connectivity index (χ1v) is 9.73. The molecule has 0 atom stereocenters. The molecule has 2 aliphatic heterocycles. The minimum atomic E-state index is 0.0579. The quantitative estimate of drug-likeness (QED) is 0.551. The highest BCUT2D eigenvalue weighted by atomic mass is 16.5. The second kappa shape index (κ2) is 8.91. The number of nitrogens with zero attached hydrogens (tertiary/aromatic N) is 6. The number of aromatic nitrogens is 3. The van der Waals surface area contributed by atoms with Crippen molar-refractivity contribution in [1.82, 2.24) is 15.0 Å². The molecule has 2 fully saturated rings. The molecule has 4 rings (SSSR count). The lowest BCUT2D eigenvalue weighted by Crippen LogP contribution is -2.38. The number of hydrogen-bond acceptors (Lipinski definition) is 10. The van der Waals surface area contributed by atoms with E-state index in [9.17, 15) is 5.11 Å².